The zero-order valence-electron chi connectivity index (χ0n) is 8.07. The molecule has 0 radical (unpaired) electrons. The molecule has 1 aliphatic rings. The third-order valence-electron chi connectivity index (χ3n) is 1.59. The molecule has 1 N–H and O–H groups in total. The summed E-state index contributed by atoms with van der Waals surface area (Å²) in [4.78, 5) is 22.5. The summed E-state index contributed by atoms with van der Waals surface area (Å²) in [7, 11) is 0. The monoisotopic (exact) mass is 200 g/mol. The number of hydrogen-bond donors (Lipinski definition) is 1. The smallest absolute Gasteiger partial charge is 0.348 e. The molecule has 1 fully saturated rings. The van der Waals surface area contributed by atoms with Crippen molar-refractivity contribution in [1.29, 1.82) is 0 Å². The number of rotatable bonds is 2. The second kappa shape index (κ2) is 3.79. The van der Waals surface area contributed by atoms with Gasteiger partial charge in [-0.05, 0) is 6.42 Å². The maximum absolute atomic E-state index is 11.3. The van der Waals surface area contributed by atoms with E-state index < -0.39 is 17.7 Å². The molecule has 1 heterocycles. The fourth-order valence-corrected chi connectivity index (χ4v) is 1.04. The first kappa shape index (κ1) is 10.7. The van der Waals surface area contributed by atoms with Crippen molar-refractivity contribution >= 4 is 11.9 Å². The van der Waals surface area contributed by atoms with Crippen molar-refractivity contribution in [2.45, 2.75) is 26.1 Å². The Morgan fingerprint density at radius 3 is 2.21 bits per heavy atom. The standard InChI is InChI=1S/C9H12O5/c1-9(2)13-7(11)6(4-3-5-10)8(12)14-9/h4,10H,3,5H2,1-2H3. The van der Waals surface area contributed by atoms with Crippen LogP contribution in [0.4, 0.5) is 0 Å². The SMILES string of the molecule is CC1(C)OC(=O)C(=CCCO)C(=O)O1. The third kappa shape index (κ3) is 2.32. The molecule has 1 rings (SSSR count). The van der Waals surface area contributed by atoms with Crippen LogP contribution >= 0.6 is 0 Å². The maximum Gasteiger partial charge on any atom is 0.348 e. The van der Waals surface area contributed by atoms with Crippen LogP contribution in [0.3, 0.4) is 0 Å². The van der Waals surface area contributed by atoms with Crippen LogP contribution in [0.2, 0.25) is 0 Å². The highest BCUT2D eigenvalue weighted by molar-refractivity contribution is 6.15. The molecule has 5 heteroatoms. The lowest BCUT2D eigenvalue weighted by Crippen LogP contribution is -2.41. The molecule has 1 saturated heterocycles. The van der Waals surface area contributed by atoms with Crippen LogP contribution in [-0.2, 0) is 19.1 Å². The van der Waals surface area contributed by atoms with Crippen LogP contribution < -0.4 is 0 Å². The average Bonchev–Trinajstić information content (AvgIpc) is 2.00. The Labute approximate surface area is 81.3 Å². The summed E-state index contributed by atoms with van der Waals surface area (Å²) in [5.74, 6) is -2.62. The fourth-order valence-electron chi connectivity index (χ4n) is 1.04. The van der Waals surface area contributed by atoms with Gasteiger partial charge >= 0.3 is 11.9 Å². The summed E-state index contributed by atoms with van der Waals surface area (Å²) in [6.07, 6.45) is 1.53. The van der Waals surface area contributed by atoms with Crippen molar-refractivity contribution in [2.24, 2.45) is 0 Å². The quantitative estimate of drug-likeness (QED) is 0.389. The molecule has 0 amide bonds. The second-order valence-corrected chi connectivity index (χ2v) is 3.31. The van der Waals surface area contributed by atoms with Gasteiger partial charge in [-0.1, -0.05) is 6.08 Å². The van der Waals surface area contributed by atoms with E-state index in [1.165, 1.54) is 19.9 Å². The van der Waals surface area contributed by atoms with Gasteiger partial charge in [0.1, 0.15) is 5.57 Å². The van der Waals surface area contributed by atoms with Crippen LogP contribution in [-0.4, -0.2) is 29.4 Å². The molecule has 14 heavy (non-hydrogen) atoms. The number of carbonyl (C=O) groups is 2. The summed E-state index contributed by atoms with van der Waals surface area (Å²) in [5, 5.41) is 8.52. The van der Waals surface area contributed by atoms with Crippen LogP contribution in [0.1, 0.15) is 20.3 Å². The zero-order valence-corrected chi connectivity index (χ0v) is 8.07. The van der Waals surface area contributed by atoms with Crippen LogP contribution in [0.25, 0.3) is 0 Å². The number of cyclic esters (lactones) is 2. The Balaban J connectivity index is 2.81. The molecule has 0 atom stereocenters. The molecular weight excluding hydrogens is 188 g/mol. The van der Waals surface area contributed by atoms with Crippen molar-refractivity contribution in [2.75, 3.05) is 6.61 Å². The molecule has 0 saturated carbocycles. The van der Waals surface area contributed by atoms with Crippen LogP contribution in [0.15, 0.2) is 11.6 Å². The molecule has 0 aromatic heterocycles. The molecule has 0 unspecified atom stereocenters. The molecule has 0 aromatic carbocycles. The number of aliphatic hydroxyl groups is 1. The van der Waals surface area contributed by atoms with Gasteiger partial charge in [-0.2, -0.15) is 0 Å². The lowest BCUT2D eigenvalue weighted by molar-refractivity contribution is -0.222. The summed E-state index contributed by atoms with van der Waals surface area (Å²) < 4.78 is 9.64. The summed E-state index contributed by atoms with van der Waals surface area (Å²) in [5.41, 5.74) is -0.154. The minimum absolute atomic E-state index is 0.131. The number of ether oxygens (including phenoxy) is 2. The Kier molecular flexibility index (Phi) is 2.90. The summed E-state index contributed by atoms with van der Waals surface area (Å²) in [6.45, 7) is 2.82. The number of hydrogen-bond acceptors (Lipinski definition) is 5. The highest BCUT2D eigenvalue weighted by Gasteiger charge is 2.38. The van der Waals surface area contributed by atoms with Crippen molar-refractivity contribution in [1.82, 2.24) is 0 Å². The molecule has 0 spiro atoms. The van der Waals surface area contributed by atoms with E-state index in [4.69, 9.17) is 14.6 Å². The number of aliphatic hydroxyl groups excluding tert-OH is 1. The Bertz CT molecular complexity index is 268. The molecule has 5 nitrogen and oxygen atoms in total. The van der Waals surface area contributed by atoms with Gasteiger partial charge in [0.25, 0.3) is 5.79 Å². The normalized spacial score (nSPS) is 20.1. The van der Waals surface area contributed by atoms with Crippen molar-refractivity contribution in [3.05, 3.63) is 11.6 Å². The molecular formula is C9H12O5. The van der Waals surface area contributed by atoms with E-state index in [-0.39, 0.29) is 18.6 Å². The number of esters is 2. The van der Waals surface area contributed by atoms with E-state index in [9.17, 15) is 9.59 Å². The van der Waals surface area contributed by atoms with E-state index in [1.54, 1.807) is 0 Å². The summed E-state index contributed by atoms with van der Waals surface area (Å²) >= 11 is 0. The van der Waals surface area contributed by atoms with Crippen LogP contribution in [0, 0.1) is 0 Å². The predicted octanol–water partition coefficient (Wildman–Crippen LogP) is 0.131. The Hall–Kier alpha value is -1.36. The third-order valence-corrected chi connectivity index (χ3v) is 1.59. The largest absolute Gasteiger partial charge is 0.419 e. The van der Waals surface area contributed by atoms with E-state index >= 15 is 0 Å². The Morgan fingerprint density at radius 2 is 1.79 bits per heavy atom. The Morgan fingerprint density at radius 1 is 1.29 bits per heavy atom. The van der Waals surface area contributed by atoms with Crippen molar-refractivity contribution in [3.8, 4) is 0 Å². The molecule has 0 aliphatic carbocycles. The van der Waals surface area contributed by atoms with E-state index in [0.29, 0.717) is 0 Å². The van der Waals surface area contributed by atoms with E-state index in [0.717, 1.165) is 0 Å². The van der Waals surface area contributed by atoms with Gasteiger partial charge in [-0.3, -0.25) is 0 Å². The fraction of sp³-hybridized carbons (Fsp3) is 0.556. The zero-order chi connectivity index (χ0) is 10.8. The first-order chi connectivity index (χ1) is 6.46. The predicted molar refractivity (Wildman–Crippen MR) is 46.0 cm³/mol. The van der Waals surface area contributed by atoms with Gasteiger partial charge in [0.15, 0.2) is 0 Å². The van der Waals surface area contributed by atoms with Gasteiger partial charge in [-0.25, -0.2) is 9.59 Å². The van der Waals surface area contributed by atoms with E-state index in [1.807, 2.05) is 0 Å². The van der Waals surface area contributed by atoms with Crippen molar-refractivity contribution in [3.63, 3.8) is 0 Å². The minimum Gasteiger partial charge on any atom is -0.419 e. The first-order valence-corrected chi connectivity index (χ1v) is 4.24. The van der Waals surface area contributed by atoms with Gasteiger partial charge in [0.05, 0.1) is 0 Å². The highest BCUT2D eigenvalue weighted by Crippen LogP contribution is 2.22. The minimum atomic E-state index is -1.20. The van der Waals surface area contributed by atoms with E-state index in [2.05, 4.69) is 0 Å². The van der Waals surface area contributed by atoms with Gasteiger partial charge < -0.3 is 14.6 Å². The number of carbonyl (C=O) groups excluding carboxylic acids is 2. The second-order valence-electron chi connectivity index (χ2n) is 3.31. The van der Waals surface area contributed by atoms with Gasteiger partial charge in [0, 0.05) is 20.5 Å². The topological polar surface area (TPSA) is 72.8 Å². The van der Waals surface area contributed by atoms with Gasteiger partial charge in [0.2, 0.25) is 0 Å². The van der Waals surface area contributed by atoms with Gasteiger partial charge in [-0.15, -0.1) is 0 Å². The van der Waals surface area contributed by atoms with Crippen molar-refractivity contribution < 1.29 is 24.2 Å². The highest BCUT2D eigenvalue weighted by atomic mass is 16.7. The maximum atomic E-state index is 11.3. The molecule has 0 aromatic rings. The summed E-state index contributed by atoms with van der Waals surface area (Å²) in [6, 6.07) is 0. The lowest BCUT2D eigenvalue weighted by atomic mass is 10.2. The van der Waals surface area contributed by atoms with Crippen LogP contribution in [0.5, 0.6) is 0 Å². The molecule has 78 valence electrons. The lowest BCUT2D eigenvalue weighted by Gasteiger charge is -2.29. The molecule has 0 bridgehead atoms. The average molecular weight is 200 g/mol. The molecule has 1 aliphatic heterocycles. The first-order valence-electron chi connectivity index (χ1n) is 4.24.